The van der Waals surface area contributed by atoms with Crippen molar-refractivity contribution in [1.29, 1.82) is 0 Å². The van der Waals surface area contributed by atoms with Gasteiger partial charge >= 0.3 is 0 Å². The monoisotopic (exact) mass is 135 g/mol. The second-order valence-electron chi connectivity index (χ2n) is 1.92. The van der Waals surface area contributed by atoms with Crippen LogP contribution < -0.4 is 5.73 Å². The van der Waals surface area contributed by atoms with E-state index in [-0.39, 0.29) is 0 Å². The van der Waals surface area contributed by atoms with Crippen LogP contribution in [0, 0.1) is 0 Å². The molecule has 1 aromatic rings. The Labute approximate surface area is 59.6 Å². The average molecular weight is 135 g/mol. The Morgan fingerprint density at radius 1 is 1.70 bits per heavy atom. The number of hydrogen-bond acceptors (Lipinski definition) is 3. The Balaban J connectivity index is 2.91. The summed E-state index contributed by atoms with van der Waals surface area (Å²) in [4.78, 5) is 7.68. The zero-order valence-electron chi connectivity index (χ0n) is 5.62. The molecule has 0 radical (unpaired) electrons. The third kappa shape index (κ3) is 1.31. The number of nitrogens with two attached hydrogens (primary N) is 1. The van der Waals surface area contributed by atoms with Gasteiger partial charge in [0.05, 0.1) is 17.9 Å². The molecular weight excluding hydrogens is 126 g/mol. The number of aliphatic imine (C=N–C) groups is 1. The maximum Gasteiger partial charge on any atom is 0.0846 e. The van der Waals surface area contributed by atoms with Crippen LogP contribution in [-0.2, 0) is 6.54 Å². The number of anilines is 1. The van der Waals surface area contributed by atoms with Gasteiger partial charge in [-0.3, -0.25) is 9.98 Å². The zero-order valence-corrected chi connectivity index (χ0v) is 5.62. The molecule has 0 aliphatic heterocycles. The molecular formula is C7H9N3. The molecule has 2 N–H and O–H groups in total. The quantitative estimate of drug-likeness (QED) is 0.611. The smallest absolute Gasteiger partial charge is 0.0846 e. The maximum atomic E-state index is 5.56. The van der Waals surface area contributed by atoms with E-state index in [0.29, 0.717) is 12.2 Å². The highest BCUT2D eigenvalue weighted by molar-refractivity contribution is 5.42. The van der Waals surface area contributed by atoms with Gasteiger partial charge in [0.1, 0.15) is 0 Å². The van der Waals surface area contributed by atoms with Crippen LogP contribution in [0.3, 0.4) is 0 Å². The number of pyridine rings is 1. The summed E-state index contributed by atoms with van der Waals surface area (Å²) in [6.07, 6.45) is 1.69. The van der Waals surface area contributed by atoms with Crippen molar-refractivity contribution in [2.24, 2.45) is 4.99 Å². The normalized spacial score (nSPS) is 9.20. The van der Waals surface area contributed by atoms with E-state index in [4.69, 9.17) is 5.73 Å². The van der Waals surface area contributed by atoms with Crippen molar-refractivity contribution in [3.8, 4) is 0 Å². The Morgan fingerprint density at radius 2 is 2.50 bits per heavy atom. The molecule has 0 bridgehead atoms. The summed E-state index contributed by atoms with van der Waals surface area (Å²) in [5, 5.41) is 0. The molecule has 0 spiro atoms. The van der Waals surface area contributed by atoms with E-state index in [9.17, 15) is 0 Å². The molecule has 0 unspecified atom stereocenters. The highest BCUT2D eigenvalue weighted by Gasteiger charge is 1.94. The van der Waals surface area contributed by atoms with Crippen LogP contribution in [0.25, 0.3) is 0 Å². The third-order valence-electron chi connectivity index (χ3n) is 1.19. The molecule has 1 aromatic heterocycles. The van der Waals surface area contributed by atoms with Crippen LogP contribution >= 0.6 is 0 Å². The van der Waals surface area contributed by atoms with Crippen LogP contribution in [-0.4, -0.2) is 11.7 Å². The van der Waals surface area contributed by atoms with E-state index >= 15 is 0 Å². The van der Waals surface area contributed by atoms with Crippen LogP contribution in [0.15, 0.2) is 23.3 Å². The lowest BCUT2D eigenvalue weighted by Gasteiger charge is -1.97. The molecule has 0 aliphatic carbocycles. The molecule has 0 saturated heterocycles. The number of nitrogens with zero attached hydrogens (tertiary/aromatic N) is 2. The minimum absolute atomic E-state index is 0.493. The van der Waals surface area contributed by atoms with Gasteiger partial charge in [-0.1, -0.05) is 0 Å². The first kappa shape index (κ1) is 6.74. The summed E-state index contributed by atoms with van der Waals surface area (Å²) in [6.45, 7) is 3.84. The molecule has 3 heteroatoms. The first-order chi connectivity index (χ1) is 4.84. The number of hydrogen-bond donors (Lipinski definition) is 1. The zero-order chi connectivity index (χ0) is 7.40. The Morgan fingerprint density at radius 3 is 3.10 bits per heavy atom. The molecule has 0 atom stereocenters. The third-order valence-corrected chi connectivity index (χ3v) is 1.19. The second kappa shape index (κ2) is 2.96. The summed E-state index contributed by atoms with van der Waals surface area (Å²) >= 11 is 0. The van der Waals surface area contributed by atoms with Gasteiger partial charge in [0.25, 0.3) is 0 Å². The fourth-order valence-electron chi connectivity index (χ4n) is 0.688. The fourth-order valence-corrected chi connectivity index (χ4v) is 0.688. The standard InChI is InChI=1S/C7H9N3/c1-9-5-7-6(8)3-2-4-10-7/h2-4H,1,5,8H2. The lowest BCUT2D eigenvalue weighted by Crippen LogP contribution is -1.94. The van der Waals surface area contributed by atoms with Crippen LogP contribution in [0.2, 0.25) is 0 Å². The molecule has 0 saturated carbocycles. The van der Waals surface area contributed by atoms with Gasteiger partial charge < -0.3 is 5.73 Å². The Kier molecular flexibility index (Phi) is 1.99. The highest BCUT2D eigenvalue weighted by Crippen LogP contribution is 2.06. The minimum atomic E-state index is 0.493. The van der Waals surface area contributed by atoms with Gasteiger partial charge in [-0.15, -0.1) is 0 Å². The van der Waals surface area contributed by atoms with Gasteiger partial charge in [-0.2, -0.15) is 0 Å². The largest absolute Gasteiger partial charge is 0.397 e. The van der Waals surface area contributed by atoms with Crippen molar-refractivity contribution < 1.29 is 0 Å². The van der Waals surface area contributed by atoms with E-state index in [1.807, 2.05) is 0 Å². The van der Waals surface area contributed by atoms with Crippen molar-refractivity contribution in [1.82, 2.24) is 4.98 Å². The summed E-state index contributed by atoms with van der Waals surface area (Å²) < 4.78 is 0. The first-order valence-corrected chi connectivity index (χ1v) is 2.96. The second-order valence-corrected chi connectivity index (χ2v) is 1.92. The van der Waals surface area contributed by atoms with E-state index in [1.165, 1.54) is 0 Å². The number of aromatic nitrogens is 1. The average Bonchev–Trinajstić information content (AvgIpc) is 1.94. The molecule has 0 fully saturated rings. The van der Waals surface area contributed by atoms with E-state index < -0.39 is 0 Å². The molecule has 0 amide bonds. The molecule has 1 rings (SSSR count). The van der Waals surface area contributed by atoms with E-state index in [0.717, 1.165) is 5.69 Å². The van der Waals surface area contributed by atoms with Crippen LogP contribution in [0.1, 0.15) is 5.69 Å². The predicted molar refractivity (Wildman–Crippen MR) is 41.9 cm³/mol. The van der Waals surface area contributed by atoms with Crippen LogP contribution in [0.5, 0.6) is 0 Å². The van der Waals surface area contributed by atoms with E-state index in [2.05, 4.69) is 16.7 Å². The molecule has 3 nitrogen and oxygen atoms in total. The topological polar surface area (TPSA) is 51.3 Å². The van der Waals surface area contributed by atoms with Crippen molar-refractivity contribution in [3.05, 3.63) is 24.0 Å². The number of nitrogen functional groups attached to an aromatic ring is 1. The lowest BCUT2D eigenvalue weighted by atomic mass is 10.3. The summed E-state index contributed by atoms with van der Waals surface area (Å²) in [7, 11) is 0. The lowest BCUT2D eigenvalue weighted by molar-refractivity contribution is 1.00. The van der Waals surface area contributed by atoms with Gasteiger partial charge in [0.15, 0.2) is 0 Å². The Hall–Kier alpha value is -1.38. The van der Waals surface area contributed by atoms with Crippen molar-refractivity contribution in [2.75, 3.05) is 5.73 Å². The summed E-state index contributed by atoms with van der Waals surface area (Å²) in [5.41, 5.74) is 7.02. The van der Waals surface area contributed by atoms with Gasteiger partial charge in [-0.05, 0) is 18.9 Å². The van der Waals surface area contributed by atoms with Gasteiger partial charge in [-0.25, -0.2) is 0 Å². The van der Waals surface area contributed by atoms with Crippen LogP contribution in [0.4, 0.5) is 5.69 Å². The predicted octanol–water partition coefficient (Wildman–Crippen LogP) is 0.864. The van der Waals surface area contributed by atoms with Crippen molar-refractivity contribution in [2.45, 2.75) is 6.54 Å². The Bertz CT molecular complexity index is 232. The molecule has 1 heterocycles. The molecule has 0 aliphatic rings. The number of rotatable bonds is 2. The fraction of sp³-hybridized carbons (Fsp3) is 0.143. The van der Waals surface area contributed by atoms with Crippen molar-refractivity contribution in [3.63, 3.8) is 0 Å². The summed E-state index contributed by atoms with van der Waals surface area (Å²) in [6, 6.07) is 3.59. The van der Waals surface area contributed by atoms with E-state index in [1.54, 1.807) is 18.3 Å². The SMILES string of the molecule is C=NCc1ncccc1N. The first-order valence-electron chi connectivity index (χ1n) is 2.96. The molecule has 10 heavy (non-hydrogen) atoms. The van der Waals surface area contributed by atoms with Gasteiger partial charge in [0.2, 0.25) is 0 Å². The summed E-state index contributed by atoms with van der Waals surface area (Å²) in [5.74, 6) is 0. The van der Waals surface area contributed by atoms with Crippen molar-refractivity contribution >= 4 is 12.4 Å². The highest BCUT2D eigenvalue weighted by atomic mass is 14.8. The minimum Gasteiger partial charge on any atom is -0.397 e. The molecule has 0 aromatic carbocycles. The maximum absolute atomic E-state index is 5.56. The molecule has 52 valence electrons. The van der Waals surface area contributed by atoms with Gasteiger partial charge in [0, 0.05) is 6.20 Å².